The van der Waals surface area contributed by atoms with Crippen molar-refractivity contribution < 1.29 is 4.74 Å². The summed E-state index contributed by atoms with van der Waals surface area (Å²) in [7, 11) is 1.69. The number of nitrogens with one attached hydrogen (secondary N) is 1. The number of methoxy groups -OCH3 is 1. The molecule has 1 aromatic carbocycles. The van der Waals surface area contributed by atoms with Crippen LogP contribution in [-0.2, 0) is 6.42 Å². The van der Waals surface area contributed by atoms with E-state index in [0.29, 0.717) is 0 Å². The first-order valence-electron chi connectivity index (χ1n) is 6.17. The van der Waals surface area contributed by atoms with Crippen LogP contribution < -0.4 is 16.0 Å². The summed E-state index contributed by atoms with van der Waals surface area (Å²) in [6, 6.07) is 8.42. The Hall–Kier alpha value is -0.710. The summed E-state index contributed by atoms with van der Waals surface area (Å²) in [4.78, 5) is 0. The highest BCUT2D eigenvalue weighted by Crippen LogP contribution is 2.24. The second-order valence-electron chi connectivity index (χ2n) is 5.34. The molecule has 0 saturated carbocycles. The van der Waals surface area contributed by atoms with Crippen molar-refractivity contribution in [2.75, 3.05) is 12.9 Å². The molecule has 0 fully saturated rings. The van der Waals surface area contributed by atoms with Crippen molar-refractivity contribution >= 4 is 11.8 Å². The van der Waals surface area contributed by atoms with E-state index in [9.17, 15) is 0 Å². The van der Waals surface area contributed by atoms with Crippen molar-refractivity contribution in [1.82, 2.24) is 5.43 Å². The van der Waals surface area contributed by atoms with Crippen LogP contribution in [0.5, 0.6) is 5.75 Å². The first-order valence-corrected chi connectivity index (χ1v) is 7.16. The number of nitrogens with two attached hydrogens (primary N) is 1. The molecule has 0 heterocycles. The summed E-state index contributed by atoms with van der Waals surface area (Å²) < 4.78 is 5.49. The number of hydrazine groups is 1. The summed E-state index contributed by atoms with van der Waals surface area (Å²) in [5, 5.41) is 0. The molecule has 18 heavy (non-hydrogen) atoms. The Morgan fingerprint density at radius 2 is 2.11 bits per heavy atom. The maximum atomic E-state index is 5.63. The molecule has 102 valence electrons. The first-order chi connectivity index (χ1) is 8.44. The minimum Gasteiger partial charge on any atom is -0.497 e. The Morgan fingerprint density at radius 3 is 2.67 bits per heavy atom. The van der Waals surface area contributed by atoms with Gasteiger partial charge in [0, 0.05) is 16.5 Å². The largest absolute Gasteiger partial charge is 0.497 e. The van der Waals surface area contributed by atoms with Crippen LogP contribution in [-0.4, -0.2) is 23.7 Å². The van der Waals surface area contributed by atoms with Gasteiger partial charge in [-0.1, -0.05) is 32.9 Å². The number of hydrogen-bond acceptors (Lipinski definition) is 4. The molecule has 1 unspecified atom stereocenters. The van der Waals surface area contributed by atoms with Crippen molar-refractivity contribution in [2.24, 2.45) is 5.84 Å². The smallest absolute Gasteiger partial charge is 0.119 e. The third kappa shape index (κ3) is 5.76. The van der Waals surface area contributed by atoms with Gasteiger partial charge in [-0.2, -0.15) is 11.8 Å². The van der Waals surface area contributed by atoms with Gasteiger partial charge < -0.3 is 4.74 Å². The average Bonchev–Trinajstić information content (AvgIpc) is 2.33. The number of hydrogen-bond donors (Lipinski definition) is 2. The Balaban J connectivity index is 2.56. The fourth-order valence-corrected chi connectivity index (χ4v) is 2.52. The van der Waals surface area contributed by atoms with Crippen LogP contribution in [0.15, 0.2) is 24.3 Å². The number of benzene rings is 1. The molecule has 0 aliphatic carbocycles. The Morgan fingerprint density at radius 1 is 1.39 bits per heavy atom. The lowest BCUT2D eigenvalue weighted by molar-refractivity contribution is 0.414. The first kappa shape index (κ1) is 15.3. The molecule has 0 amide bonds. The van der Waals surface area contributed by atoms with Gasteiger partial charge in [-0.3, -0.25) is 11.3 Å². The van der Waals surface area contributed by atoms with E-state index >= 15 is 0 Å². The Kier molecular flexibility index (Phi) is 5.99. The van der Waals surface area contributed by atoms with E-state index in [4.69, 9.17) is 10.6 Å². The van der Waals surface area contributed by atoms with Gasteiger partial charge in [0.25, 0.3) is 0 Å². The van der Waals surface area contributed by atoms with Crippen LogP contribution in [0.1, 0.15) is 26.3 Å². The van der Waals surface area contributed by atoms with Crippen molar-refractivity contribution in [3.05, 3.63) is 29.8 Å². The Bertz CT molecular complexity index is 363. The van der Waals surface area contributed by atoms with Crippen LogP contribution in [0, 0.1) is 0 Å². The molecule has 1 aromatic rings. The molecule has 0 radical (unpaired) electrons. The number of thioether (sulfide) groups is 1. The molecule has 0 bridgehead atoms. The maximum absolute atomic E-state index is 5.63. The summed E-state index contributed by atoms with van der Waals surface area (Å²) in [5.41, 5.74) is 4.14. The second kappa shape index (κ2) is 7.02. The zero-order chi connectivity index (χ0) is 13.6. The molecule has 3 nitrogen and oxygen atoms in total. The van der Waals surface area contributed by atoms with Gasteiger partial charge in [-0.15, -0.1) is 0 Å². The lowest BCUT2D eigenvalue weighted by Gasteiger charge is -2.22. The fourth-order valence-electron chi connectivity index (χ4n) is 1.60. The van der Waals surface area contributed by atoms with Crippen LogP contribution in [0.25, 0.3) is 0 Å². The maximum Gasteiger partial charge on any atom is 0.119 e. The predicted molar refractivity (Wildman–Crippen MR) is 80.0 cm³/mol. The minimum atomic E-state index is 0.267. The average molecular weight is 268 g/mol. The highest BCUT2D eigenvalue weighted by atomic mass is 32.2. The number of ether oxygens (including phenoxy) is 1. The van der Waals surface area contributed by atoms with Crippen LogP contribution in [0.4, 0.5) is 0 Å². The molecule has 0 aromatic heterocycles. The quantitative estimate of drug-likeness (QED) is 0.615. The second-order valence-corrected chi connectivity index (χ2v) is 7.19. The van der Waals surface area contributed by atoms with E-state index in [2.05, 4.69) is 38.3 Å². The number of rotatable bonds is 6. The molecule has 0 spiro atoms. The van der Waals surface area contributed by atoms with Gasteiger partial charge in [-0.05, 0) is 24.1 Å². The Labute approximate surface area is 114 Å². The normalized spacial score (nSPS) is 13.4. The van der Waals surface area contributed by atoms with E-state index in [-0.39, 0.29) is 10.8 Å². The van der Waals surface area contributed by atoms with Crippen molar-refractivity contribution in [1.29, 1.82) is 0 Å². The van der Waals surface area contributed by atoms with Gasteiger partial charge in [0.1, 0.15) is 5.75 Å². The molecule has 0 aliphatic rings. The summed E-state index contributed by atoms with van der Waals surface area (Å²) >= 11 is 1.92. The highest BCUT2D eigenvalue weighted by Gasteiger charge is 2.15. The predicted octanol–water partition coefficient (Wildman–Crippen LogP) is 2.60. The van der Waals surface area contributed by atoms with Crippen molar-refractivity contribution in [2.45, 2.75) is 38.0 Å². The van der Waals surface area contributed by atoms with E-state index in [0.717, 1.165) is 17.9 Å². The summed E-state index contributed by atoms with van der Waals surface area (Å²) in [6.45, 7) is 6.66. The third-order valence-corrected chi connectivity index (χ3v) is 4.00. The molecule has 1 rings (SSSR count). The zero-order valence-corrected chi connectivity index (χ0v) is 12.5. The zero-order valence-electron chi connectivity index (χ0n) is 11.7. The van der Waals surface area contributed by atoms with Gasteiger partial charge in [0.05, 0.1) is 7.11 Å². The van der Waals surface area contributed by atoms with E-state index in [1.165, 1.54) is 5.56 Å². The van der Waals surface area contributed by atoms with E-state index in [1.807, 2.05) is 23.9 Å². The monoisotopic (exact) mass is 268 g/mol. The van der Waals surface area contributed by atoms with E-state index < -0.39 is 0 Å². The van der Waals surface area contributed by atoms with Crippen LogP contribution in [0.3, 0.4) is 0 Å². The lowest BCUT2D eigenvalue weighted by atomic mass is 10.1. The third-order valence-electron chi connectivity index (χ3n) is 2.57. The van der Waals surface area contributed by atoms with Gasteiger partial charge in [0.15, 0.2) is 0 Å². The lowest BCUT2D eigenvalue weighted by Crippen LogP contribution is -2.39. The molecule has 1 atom stereocenters. The molecule has 0 saturated heterocycles. The van der Waals surface area contributed by atoms with Crippen LogP contribution >= 0.6 is 11.8 Å². The minimum absolute atomic E-state index is 0.267. The summed E-state index contributed by atoms with van der Waals surface area (Å²) in [6.07, 6.45) is 0.913. The summed E-state index contributed by atoms with van der Waals surface area (Å²) in [5.74, 6) is 7.52. The van der Waals surface area contributed by atoms with Gasteiger partial charge in [0.2, 0.25) is 0 Å². The SMILES string of the molecule is COc1cccc(CC(CSC(C)(C)C)NN)c1. The van der Waals surface area contributed by atoms with E-state index in [1.54, 1.807) is 7.11 Å². The van der Waals surface area contributed by atoms with Crippen molar-refractivity contribution in [3.63, 3.8) is 0 Å². The molecular weight excluding hydrogens is 244 g/mol. The van der Waals surface area contributed by atoms with Crippen LogP contribution in [0.2, 0.25) is 0 Å². The topological polar surface area (TPSA) is 47.3 Å². The molecular formula is C14H24N2OS. The van der Waals surface area contributed by atoms with Crippen molar-refractivity contribution in [3.8, 4) is 5.75 Å². The molecule has 4 heteroatoms. The van der Waals surface area contributed by atoms with Gasteiger partial charge in [-0.25, -0.2) is 0 Å². The molecule has 3 N–H and O–H groups in total. The molecule has 0 aliphatic heterocycles. The highest BCUT2D eigenvalue weighted by molar-refractivity contribution is 8.00. The van der Waals surface area contributed by atoms with Gasteiger partial charge >= 0.3 is 0 Å². The fraction of sp³-hybridized carbons (Fsp3) is 0.571. The standard InChI is InChI=1S/C14H24N2OS/c1-14(2,3)18-10-12(16-15)8-11-6-5-7-13(9-11)17-4/h5-7,9,12,16H,8,10,15H2,1-4H3.